The van der Waals surface area contributed by atoms with Crippen molar-refractivity contribution in [3.63, 3.8) is 0 Å². The number of carbonyl (C=O) groups is 3. The molecule has 0 aliphatic rings. The first-order chi connectivity index (χ1) is 17.1. The molecule has 3 N–H and O–H groups in total. The molecular weight excluding hydrogens is 470 g/mol. The molecule has 8 heteroatoms. The normalized spacial score (nSPS) is 13.3. The minimum Gasteiger partial charge on any atom is -0.508 e. The summed E-state index contributed by atoms with van der Waals surface area (Å²) in [5.74, 6) is -0.792. The van der Waals surface area contributed by atoms with Gasteiger partial charge in [-0.15, -0.1) is 0 Å². The number of phenols is 1. The van der Waals surface area contributed by atoms with Gasteiger partial charge in [-0.05, 0) is 90.6 Å². The lowest BCUT2D eigenvalue weighted by molar-refractivity contribution is -0.147. The summed E-state index contributed by atoms with van der Waals surface area (Å²) >= 11 is 0. The van der Waals surface area contributed by atoms with Gasteiger partial charge >= 0.3 is 6.09 Å². The van der Waals surface area contributed by atoms with Crippen LogP contribution >= 0.6 is 0 Å². The maximum atomic E-state index is 14.0. The number of ether oxygens (including phenoxy) is 1. The lowest BCUT2D eigenvalue weighted by Gasteiger charge is -2.44. The molecule has 0 radical (unpaired) electrons. The number of para-hydroxylation sites is 1. The minimum absolute atomic E-state index is 0.0465. The highest BCUT2D eigenvalue weighted by Gasteiger charge is 2.42. The number of amides is 3. The van der Waals surface area contributed by atoms with E-state index in [1.165, 1.54) is 17.0 Å². The molecule has 0 bridgehead atoms. The third kappa shape index (κ3) is 7.71. The Morgan fingerprint density at radius 1 is 0.973 bits per heavy atom. The Bertz CT molecular complexity index is 1100. The maximum absolute atomic E-state index is 14.0. The summed E-state index contributed by atoms with van der Waals surface area (Å²) < 4.78 is 5.33. The summed E-state index contributed by atoms with van der Waals surface area (Å²) in [6.07, 6.45) is -0.174. The predicted octanol–water partition coefficient (Wildman–Crippen LogP) is 5.62. The van der Waals surface area contributed by atoms with Crippen LogP contribution in [0.4, 0.5) is 10.5 Å². The topological polar surface area (TPSA) is 108 Å². The molecule has 202 valence electrons. The van der Waals surface area contributed by atoms with E-state index in [0.717, 1.165) is 11.1 Å². The molecule has 3 amide bonds. The van der Waals surface area contributed by atoms with Gasteiger partial charge in [0.05, 0.1) is 0 Å². The summed E-state index contributed by atoms with van der Waals surface area (Å²) in [6, 6.07) is 9.95. The van der Waals surface area contributed by atoms with Crippen LogP contribution in [-0.4, -0.2) is 45.1 Å². The van der Waals surface area contributed by atoms with Crippen LogP contribution in [0.15, 0.2) is 42.5 Å². The molecule has 0 fully saturated rings. The van der Waals surface area contributed by atoms with Crippen molar-refractivity contribution in [2.45, 2.75) is 92.0 Å². The number of aryl methyl sites for hydroxylation is 2. The average Bonchev–Trinajstić information content (AvgIpc) is 2.78. The van der Waals surface area contributed by atoms with E-state index in [9.17, 15) is 19.5 Å². The molecule has 0 aliphatic heterocycles. The Labute approximate surface area is 220 Å². The maximum Gasteiger partial charge on any atom is 0.408 e. The number of hydrogen-bond donors (Lipinski definition) is 3. The molecule has 2 aromatic carbocycles. The summed E-state index contributed by atoms with van der Waals surface area (Å²) in [5, 5.41) is 15.5. The number of aromatic hydroxyl groups is 1. The molecule has 0 heterocycles. The third-order valence-electron chi connectivity index (χ3n) is 6.30. The average molecular weight is 512 g/mol. The number of alkyl carbamates (subject to hydrolysis) is 1. The van der Waals surface area contributed by atoms with Crippen molar-refractivity contribution in [3.05, 3.63) is 59.2 Å². The monoisotopic (exact) mass is 511 g/mol. The summed E-state index contributed by atoms with van der Waals surface area (Å²) in [7, 11) is 0. The summed E-state index contributed by atoms with van der Waals surface area (Å²) in [6.45, 7) is 16.3. The fourth-order valence-corrected chi connectivity index (χ4v) is 3.98. The van der Waals surface area contributed by atoms with Crippen LogP contribution in [0.3, 0.4) is 0 Å². The van der Waals surface area contributed by atoms with E-state index in [2.05, 4.69) is 10.6 Å². The largest absolute Gasteiger partial charge is 0.508 e. The molecule has 0 saturated heterocycles. The van der Waals surface area contributed by atoms with Crippen molar-refractivity contribution < 1.29 is 24.2 Å². The molecule has 2 aromatic rings. The number of nitrogens with zero attached hydrogens (tertiary/aromatic N) is 1. The molecular formula is C29H41N3O5. The van der Waals surface area contributed by atoms with Gasteiger partial charge in [0.2, 0.25) is 5.91 Å². The van der Waals surface area contributed by atoms with E-state index in [1.807, 2.05) is 52.8 Å². The SMILES string of the molecule is CCC(C)(C)N(C(=O)C(C)NC(=O)OC(C)(C)C)C(C(=O)Nc1c(C)cccc1C)c1ccc(O)cc1. The zero-order chi connectivity index (χ0) is 28.1. The Balaban J connectivity index is 2.57. The lowest BCUT2D eigenvalue weighted by atomic mass is 9.92. The molecule has 2 rings (SSSR count). The fourth-order valence-electron chi connectivity index (χ4n) is 3.98. The van der Waals surface area contributed by atoms with Gasteiger partial charge in [-0.1, -0.05) is 37.3 Å². The molecule has 37 heavy (non-hydrogen) atoms. The van der Waals surface area contributed by atoms with Crippen LogP contribution in [0, 0.1) is 13.8 Å². The summed E-state index contributed by atoms with van der Waals surface area (Å²) in [5.41, 5.74) is 1.51. The van der Waals surface area contributed by atoms with Crippen molar-refractivity contribution in [1.82, 2.24) is 10.2 Å². The highest BCUT2D eigenvalue weighted by Crippen LogP contribution is 2.34. The first-order valence-corrected chi connectivity index (χ1v) is 12.6. The molecule has 0 aromatic heterocycles. The van der Waals surface area contributed by atoms with Gasteiger partial charge in [0.25, 0.3) is 5.91 Å². The molecule has 0 aliphatic carbocycles. The van der Waals surface area contributed by atoms with Crippen LogP contribution in [-0.2, 0) is 14.3 Å². The van der Waals surface area contributed by atoms with Crippen LogP contribution in [0.5, 0.6) is 5.75 Å². The Morgan fingerprint density at radius 3 is 2.00 bits per heavy atom. The van der Waals surface area contributed by atoms with Gasteiger partial charge in [0.15, 0.2) is 0 Å². The molecule has 0 spiro atoms. The van der Waals surface area contributed by atoms with Crippen LogP contribution < -0.4 is 10.6 Å². The zero-order valence-corrected chi connectivity index (χ0v) is 23.4. The zero-order valence-electron chi connectivity index (χ0n) is 23.4. The van der Waals surface area contributed by atoms with Crippen molar-refractivity contribution in [1.29, 1.82) is 0 Å². The van der Waals surface area contributed by atoms with E-state index in [-0.39, 0.29) is 5.75 Å². The van der Waals surface area contributed by atoms with Gasteiger partial charge in [-0.25, -0.2) is 4.79 Å². The van der Waals surface area contributed by atoms with Gasteiger partial charge in [-0.2, -0.15) is 0 Å². The van der Waals surface area contributed by atoms with Crippen molar-refractivity contribution >= 4 is 23.6 Å². The van der Waals surface area contributed by atoms with E-state index in [0.29, 0.717) is 17.7 Å². The number of nitrogens with one attached hydrogen (secondary N) is 2. The first kappa shape index (κ1) is 29.7. The first-order valence-electron chi connectivity index (χ1n) is 12.6. The van der Waals surface area contributed by atoms with E-state index in [1.54, 1.807) is 39.8 Å². The smallest absolute Gasteiger partial charge is 0.408 e. The van der Waals surface area contributed by atoms with Gasteiger partial charge in [-0.3, -0.25) is 9.59 Å². The second-order valence-corrected chi connectivity index (χ2v) is 11.0. The van der Waals surface area contributed by atoms with Crippen LogP contribution in [0.1, 0.15) is 77.6 Å². The summed E-state index contributed by atoms with van der Waals surface area (Å²) in [4.78, 5) is 41.9. The van der Waals surface area contributed by atoms with Gasteiger partial charge in [0, 0.05) is 11.2 Å². The number of benzene rings is 2. The highest BCUT2D eigenvalue weighted by molar-refractivity contribution is 6.00. The molecule has 2 unspecified atom stereocenters. The quantitative estimate of drug-likeness (QED) is 0.426. The van der Waals surface area contributed by atoms with Crippen LogP contribution in [0.2, 0.25) is 0 Å². The van der Waals surface area contributed by atoms with Crippen LogP contribution in [0.25, 0.3) is 0 Å². The Hall–Kier alpha value is -3.55. The van der Waals surface area contributed by atoms with Crippen molar-refractivity contribution in [2.24, 2.45) is 0 Å². The van der Waals surface area contributed by atoms with E-state index >= 15 is 0 Å². The second-order valence-electron chi connectivity index (χ2n) is 11.0. The lowest BCUT2D eigenvalue weighted by Crippen LogP contribution is -2.58. The number of phenolic OH excluding ortho intramolecular Hbond substituents is 1. The van der Waals surface area contributed by atoms with Crippen molar-refractivity contribution in [2.75, 3.05) is 5.32 Å². The number of hydrogen-bond acceptors (Lipinski definition) is 5. The van der Waals surface area contributed by atoms with E-state index in [4.69, 9.17) is 4.74 Å². The predicted molar refractivity (Wildman–Crippen MR) is 145 cm³/mol. The second kappa shape index (κ2) is 11.7. The number of rotatable bonds is 8. The van der Waals surface area contributed by atoms with Gasteiger partial charge < -0.3 is 25.4 Å². The van der Waals surface area contributed by atoms with Gasteiger partial charge in [0.1, 0.15) is 23.4 Å². The standard InChI is InChI=1S/C29H41N3O5/c1-10-29(8,9)32(26(35)20(4)30-27(36)37-28(5,6)7)24(21-14-16-22(33)17-15-21)25(34)31-23-18(2)12-11-13-19(23)3/h11-17,20,24,33H,10H2,1-9H3,(H,30,36)(H,31,34). The Kier molecular flexibility index (Phi) is 9.36. The fraction of sp³-hybridized carbons (Fsp3) is 0.483. The molecule has 8 nitrogen and oxygen atoms in total. The number of anilines is 1. The minimum atomic E-state index is -1.04. The molecule has 0 saturated carbocycles. The number of carbonyl (C=O) groups excluding carboxylic acids is 3. The Morgan fingerprint density at radius 2 is 1.51 bits per heavy atom. The van der Waals surface area contributed by atoms with E-state index < -0.39 is 41.1 Å². The third-order valence-corrected chi connectivity index (χ3v) is 6.30. The molecule has 2 atom stereocenters. The highest BCUT2D eigenvalue weighted by atomic mass is 16.6. The van der Waals surface area contributed by atoms with Crippen molar-refractivity contribution in [3.8, 4) is 5.75 Å².